The third-order valence-electron chi connectivity index (χ3n) is 4.84. The number of pyridine rings is 1. The van der Waals surface area contributed by atoms with Crippen molar-refractivity contribution in [3.05, 3.63) is 101 Å². The SMILES string of the molecule is O=C(CC(NC(=O)c1ccccc1Cl)c1ccccc1)NCc1nnc2ccccn12. The number of amides is 2. The first-order chi connectivity index (χ1) is 15.1. The molecule has 156 valence electrons. The summed E-state index contributed by atoms with van der Waals surface area (Å²) in [6, 6.07) is 21.2. The van der Waals surface area contributed by atoms with Crippen molar-refractivity contribution in [2.75, 3.05) is 0 Å². The number of hydrogen-bond donors (Lipinski definition) is 2. The van der Waals surface area contributed by atoms with Crippen LogP contribution in [0.15, 0.2) is 79.0 Å². The van der Waals surface area contributed by atoms with Crippen LogP contribution < -0.4 is 10.6 Å². The van der Waals surface area contributed by atoms with Gasteiger partial charge in [-0.05, 0) is 29.8 Å². The summed E-state index contributed by atoms with van der Waals surface area (Å²) in [4.78, 5) is 25.5. The Kier molecular flexibility index (Phi) is 6.24. The first-order valence-corrected chi connectivity index (χ1v) is 10.2. The molecule has 8 heteroatoms. The molecule has 31 heavy (non-hydrogen) atoms. The Balaban J connectivity index is 1.46. The fraction of sp³-hybridized carbons (Fsp3) is 0.130. The van der Waals surface area contributed by atoms with E-state index >= 15 is 0 Å². The van der Waals surface area contributed by atoms with Crippen molar-refractivity contribution in [2.24, 2.45) is 0 Å². The van der Waals surface area contributed by atoms with Crippen molar-refractivity contribution in [2.45, 2.75) is 19.0 Å². The first kappa shape index (κ1) is 20.6. The summed E-state index contributed by atoms with van der Waals surface area (Å²) in [6.45, 7) is 0.226. The minimum Gasteiger partial charge on any atom is -0.349 e. The molecule has 0 aliphatic rings. The molecule has 2 aromatic heterocycles. The van der Waals surface area contributed by atoms with Crippen LogP contribution in [0, 0.1) is 0 Å². The summed E-state index contributed by atoms with van der Waals surface area (Å²) in [5, 5.41) is 14.3. The summed E-state index contributed by atoms with van der Waals surface area (Å²) in [5.41, 5.74) is 1.90. The number of benzene rings is 2. The van der Waals surface area contributed by atoms with Crippen molar-refractivity contribution in [1.29, 1.82) is 0 Å². The fourth-order valence-electron chi connectivity index (χ4n) is 3.27. The minimum absolute atomic E-state index is 0.0664. The highest BCUT2D eigenvalue weighted by Gasteiger charge is 2.20. The van der Waals surface area contributed by atoms with Crippen molar-refractivity contribution < 1.29 is 9.59 Å². The van der Waals surface area contributed by atoms with Crippen molar-refractivity contribution in [3.63, 3.8) is 0 Å². The first-order valence-electron chi connectivity index (χ1n) is 9.77. The lowest BCUT2D eigenvalue weighted by molar-refractivity contribution is -0.121. The summed E-state index contributed by atoms with van der Waals surface area (Å²) in [6.07, 6.45) is 1.91. The maximum Gasteiger partial charge on any atom is 0.253 e. The Hall–Kier alpha value is -3.71. The number of nitrogens with zero attached hydrogens (tertiary/aromatic N) is 3. The van der Waals surface area contributed by atoms with E-state index in [0.717, 1.165) is 5.56 Å². The van der Waals surface area contributed by atoms with Gasteiger partial charge in [-0.3, -0.25) is 14.0 Å². The largest absolute Gasteiger partial charge is 0.349 e. The smallest absolute Gasteiger partial charge is 0.253 e. The Morgan fingerprint density at radius 3 is 2.48 bits per heavy atom. The molecule has 0 saturated heterocycles. The second-order valence-electron chi connectivity index (χ2n) is 6.94. The zero-order valence-corrected chi connectivity index (χ0v) is 17.3. The molecule has 2 aromatic carbocycles. The standard InChI is InChI=1S/C23H20ClN5O2/c24-18-11-5-4-10-17(18)23(31)26-19(16-8-2-1-3-9-16)14-22(30)25-15-21-28-27-20-12-6-7-13-29(20)21/h1-13,19H,14-15H2,(H,25,30)(H,26,31). The van der Waals surface area contributed by atoms with Gasteiger partial charge in [0.2, 0.25) is 5.91 Å². The van der Waals surface area contributed by atoms with E-state index in [1.807, 2.05) is 59.1 Å². The number of rotatable bonds is 7. The lowest BCUT2D eigenvalue weighted by Crippen LogP contribution is -2.34. The van der Waals surface area contributed by atoms with E-state index < -0.39 is 6.04 Å². The molecule has 2 heterocycles. The van der Waals surface area contributed by atoms with Gasteiger partial charge in [-0.15, -0.1) is 10.2 Å². The predicted molar refractivity (Wildman–Crippen MR) is 118 cm³/mol. The topological polar surface area (TPSA) is 88.4 Å². The molecule has 2 N–H and O–H groups in total. The summed E-state index contributed by atoms with van der Waals surface area (Å²) in [5.74, 6) is 0.0667. The van der Waals surface area contributed by atoms with Crippen molar-refractivity contribution in [1.82, 2.24) is 25.2 Å². The second-order valence-corrected chi connectivity index (χ2v) is 7.35. The van der Waals surface area contributed by atoms with Gasteiger partial charge in [0, 0.05) is 6.20 Å². The van der Waals surface area contributed by atoms with E-state index in [4.69, 9.17) is 11.6 Å². The molecule has 4 rings (SSSR count). The van der Waals surface area contributed by atoms with Gasteiger partial charge >= 0.3 is 0 Å². The highest BCUT2D eigenvalue weighted by Crippen LogP contribution is 2.20. The van der Waals surface area contributed by atoms with Gasteiger partial charge in [-0.1, -0.05) is 60.1 Å². The molecule has 1 unspecified atom stereocenters. The van der Waals surface area contributed by atoms with E-state index in [-0.39, 0.29) is 24.8 Å². The zero-order valence-electron chi connectivity index (χ0n) is 16.5. The Morgan fingerprint density at radius 1 is 0.935 bits per heavy atom. The van der Waals surface area contributed by atoms with Crippen molar-refractivity contribution in [3.8, 4) is 0 Å². The van der Waals surface area contributed by atoms with E-state index in [2.05, 4.69) is 20.8 Å². The molecule has 0 fully saturated rings. The molecule has 0 spiro atoms. The van der Waals surface area contributed by atoms with Crippen LogP contribution in [0.5, 0.6) is 0 Å². The molecule has 7 nitrogen and oxygen atoms in total. The highest BCUT2D eigenvalue weighted by atomic mass is 35.5. The molecule has 1 atom stereocenters. The number of carbonyl (C=O) groups is 2. The number of aromatic nitrogens is 3. The quantitative estimate of drug-likeness (QED) is 0.466. The predicted octanol–water partition coefficient (Wildman–Crippen LogP) is 3.56. The minimum atomic E-state index is -0.514. The van der Waals surface area contributed by atoms with E-state index in [1.54, 1.807) is 24.3 Å². The number of nitrogens with one attached hydrogen (secondary N) is 2. The second kappa shape index (κ2) is 9.40. The molecular weight excluding hydrogens is 414 g/mol. The summed E-state index contributed by atoms with van der Waals surface area (Å²) < 4.78 is 1.81. The van der Waals surface area contributed by atoms with Crippen LogP contribution in [0.25, 0.3) is 5.65 Å². The zero-order chi connectivity index (χ0) is 21.6. The maximum atomic E-state index is 12.8. The van der Waals surface area contributed by atoms with E-state index in [9.17, 15) is 9.59 Å². The molecule has 0 aliphatic carbocycles. The highest BCUT2D eigenvalue weighted by molar-refractivity contribution is 6.33. The molecule has 4 aromatic rings. The van der Waals surface area contributed by atoms with Gasteiger partial charge in [0.15, 0.2) is 11.5 Å². The number of hydrogen-bond acceptors (Lipinski definition) is 4. The molecule has 0 aliphatic heterocycles. The van der Waals surface area contributed by atoms with Crippen LogP contribution in [-0.2, 0) is 11.3 Å². The Labute approximate surface area is 184 Å². The number of fused-ring (bicyclic) bond motifs is 1. The van der Waals surface area contributed by atoms with E-state index in [0.29, 0.717) is 22.1 Å². The summed E-state index contributed by atoms with van der Waals surface area (Å²) in [7, 11) is 0. The molecule has 0 radical (unpaired) electrons. The normalized spacial score (nSPS) is 11.8. The van der Waals surface area contributed by atoms with E-state index in [1.165, 1.54) is 0 Å². The average Bonchev–Trinajstić information content (AvgIpc) is 3.21. The molecule has 0 bridgehead atoms. The molecular formula is C23H20ClN5O2. The van der Waals surface area contributed by atoms with Crippen molar-refractivity contribution >= 4 is 29.1 Å². The van der Waals surface area contributed by atoms with Crippen LogP contribution in [0.1, 0.15) is 34.2 Å². The lowest BCUT2D eigenvalue weighted by Gasteiger charge is -2.19. The Bertz CT molecular complexity index is 1210. The fourth-order valence-corrected chi connectivity index (χ4v) is 3.49. The van der Waals surface area contributed by atoms with Crippen LogP contribution in [0.2, 0.25) is 5.02 Å². The van der Waals surface area contributed by atoms with Crippen LogP contribution in [-0.4, -0.2) is 26.4 Å². The van der Waals surface area contributed by atoms with Crippen LogP contribution in [0.3, 0.4) is 0 Å². The third kappa shape index (κ3) is 4.90. The van der Waals surface area contributed by atoms with Gasteiger partial charge in [0.05, 0.1) is 29.6 Å². The van der Waals surface area contributed by atoms with Gasteiger partial charge in [-0.25, -0.2) is 0 Å². The number of halogens is 1. The lowest BCUT2D eigenvalue weighted by atomic mass is 10.0. The maximum absolute atomic E-state index is 12.8. The monoisotopic (exact) mass is 433 g/mol. The van der Waals surface area contributed by atoms with Gasteiger partial charge in [-0.2, -0.15) is 0 Å². The molecule has 0 saturated carbocycles. The Morgan fingerprint density at radius 2 is 1.68 bits per heavy atom. The van der Waals surface area contributed by atoms with Crippen LogP contribution >= 0.6 is 11.6 Å². The van der Waals surface area contributed by atoms with Gasteiger partial charge < -0.3 is 10.6 Å². The third-order valence-corrected chi connectivity index (χ3v) is 5.17. The number of carbonyl (C=O) groups excluding carboxylic acids is 2. The average molecular weight is 434 g/mol. The van der Waals surface area contributed by atoms with Gasteiger partial charge in [0.25, 0.3) is 5.91 Å². The summed E-state index contributed by atoms with van der Waals surface area (Å²) >= 11 is 6.15. The van der Waals surface area contributed by atoms with Gasteiger partial charge in [0.1, 0.15) is 0 Å². The van der Waals surface area contributed by atoms with Crippen LogP contribution in [0.4, 0.5) is 0 Å². The molecule has 2 amide bonds.